The molecule has 3 fully saturated rings. The molecule has 4 aliphatic carbocycles. The lowest BCUT2D eigenvalue weighted by atomic mass is 9.47. The van der Waals surface area contributed by atoms with Crippen LogP contribution in [0.1, 0.15) is 118 Å². The van der Waals surface area contributed by atoms with Crippen molar-refractivity contribution in [3.63, 3.8) is 0 Å². The van der Waals surface area contributed by atoms with Crippen molar-refractivity contribution in [2.75, 3.05) is 6.61 Å². The molecule has 38 heavy (non-hydrogen) atoms. The molecule has 0 aliphatic heterocycles. The molecule has 214 valence electrons. The fourth-order valence-corrected chi connectivity index (χ4v) is 9.51. The molecule has 0 bridgehead atoms. The van der Waals surface area contributed by atoms with Gasteiger partial charge in [-0.25, -0.2) is 0 Å². The molecule has 0 amide bonds. The van der Waals surface area contributed by atoms with Crippen LogP contribution in [-0.2, 0) is 14.3 Å². The summed E-state index contributed by atoms with van der Waals surface area (Å²) in [5.74, 6) is 3.87. The number of carboxylic acids is 1. The van der Waals surface area contributed by atoms with Gasteiger partial charge in [0.15, 0.2) is 0 Å². The molecule has 4 nitrogen and oxygen atoms in total. The molecular formula is C34H54O4. The highest BCUT2D eigenvalue weighted by Crippen LogP contribution is 2.67. The molecule has 0 saturated heterocycles. The van der Waals surface area contributed by atoms with Crippen LogP contribution >= 0.6 is 0 Å². The van der Waals surface area contributed by atoms with Gasteiger partial charge in [0.05, 0.1) is 12.7 Å². The zero-order valence-electron chi connectivity index (χ0n) is 24.8. The van der Waals surface area contributed by atoms with E-state index in [1.807, 2.05) is 6.08 Å². The summed E-state index contributed by atoms with van der Waals surface area (Å²) in [5.41, 5.74) is 2.53. The summed E-state index contributed by atoms with van der Waals surface area (Å²) in [7, 11) is 0. The third-order valence-corrected chi connectivity index (χ3v) is 11.5. The predicted molar refractivity (Wildman–Crippen MR) is 154 cm³/mol. The van der Waals surface area contributed by atoms with Crippen molar-refractivity contribution >= 4 is 11.8 Å². The molecule has 4 aliphatic rings. The van der Waals surface area contributed by atoms with E-state index in [4.69, 9.17) is 9.84 Å². The SMILES string of the molecule is CC(C)CCC[C@@H](C)[C@H]1CCC2C3CC=C4C[C@@H](OC/C=C/CC(=O)CC(=O)O)CC[C@]4(C)C3CC[C@@]21C. The van der Waals surface area contributed by atoms with Crippen molar-refractivity contribution in [1.29, 1.82) is 0 Å². The van der Waals surface area contributed by atoms with Gasteiger partial charge in [-0.3, -0.25) is 9.59 Å². The molecule has 0 aromatic carbocycles. The molecule has 4 heteroatoms. The molecule has 1 N–H and O–H groups in total. The monoisotopic (exact) mass is 526 g/mol. The van der Waals surface area contributed by atoms with E-state index in [9.17, 15) is 9.59 Å². The maximum absolute atomic E-state index is 11.6. The highest BCUT2D eigenvalue weighted by Gasteiger charge is 2.59. The van der Waals surface area contributed by atoms with Crippen LogP contribution in [0.3, 0.4) is 0 Å². The minimum absolute atomic E-state index is 0.171. The van der Waals surface area contributed by atoms with E-state index in [0.717, 1.165) is 48.3 Å². The number of allylic oxidation sites excluding steroid dienone is 2. The standard InChI is InChI=1S/C34H54O4/c1-23(2)9-8-10-24(3)29-14-15-30-28-13-12-25-21-27(38-20-7-6-11-26(35)22-32(36)37)16-18-33(25,4)31(28)17-19-34(29,30)5/h6-7,12,23-24,27-31H,8-11,13-22H2,1-5H3,(H,36,37)/b7-6+/t24-,27+,28?,29-,30?,31?,33+,34-/m1/s1. The average molecular weight is 527 g/mol. The topological polar surface area (TPSA) is 63.6 Å². The summed E-state index contributed by atoms with van der Waals surface area (Å²) in [6.45, 7) is 13.0. The van der Waals surface area contributed by atoms with Crippen molar-refractivity contribution in [3.05, 3.63) is 23.8 Å². The highest BCUT2D eigenvalue weighted by molar-refractivity contribution is 5.95. The molecule has 0 radical (unpaired) electrons. The van der Waals surface area contributed by atoms with E-state index in [1.54, 1.807) is 11.6 Å². The highest BCUT2D eigenvalue weighted by atomic mass is 16.5. The second-order valence-electron chi connectivity index (χ2n) is 14.3. The van der Waals surface area contributed by atoms with Gasteiger partial charge in [0.2, 0.25) is 0 Å². The molecular weight excluding hydrogens is 472 g/mol. The van der Waals surface area contributed by atoms with E-state index in [-0.39, 0.29) is 18.3 Å². The molecule has 3 unspecified atom stereocenters. The fourth-order valence-electron chi connectivity index (χ4n) is 9.51. The van der Waals surface area contributed by atoms with Crippen molar-refractivity contribution in [2.24, 2.45) is 46.3 Å². The predicted octanol–water partition coefficient (Wildman–Crippen LogP) is 8.40. The van der Waals surface area contributed by atoms with Crippen LogP contribution in [0.2, 0.25) is 0 Å². The first-order chi connectivity index (χ1) is 18.0. The molecule has 8 atom stereocenters. The summed E-state index contributed by atoms with van der Waals surface area (Å²) >= 11 is 0. The quantitative estimate of drug-likeness (QED) is 0.205. The number of ketones is 1. The zero-order chi connectivity index (χ0) is 27.5. The van der Waals surface area contributed by atoms with Gasteiger partial charge >= 0.3 is 5.97 Å². The number of carbonyl (C=O) groups is 2. The van der Waals surface area contributed by atoms with Gasteiger partial charge in [0.25, 0.3) is 0 Å². The normalized spacial score (nSPS) is 37.4. The van der Waals surface area contributed by atoms with Crippen molar-refractivity contribution in [1.82, 2.24) is 0 Å². The van der Waals surface area contributed by atoms with Gasteiger partial charge in [0, 0.05) is 6.42 Å². The van der Waals surface area contributed by atoms with Crippen LogP contribution in [0.5, 0.6) is 0 Å². The Morgan fingerprint density at radius 2 is 1.84 bits per heavy atom. The Hall–Kier alpha value is -1.42. The summed E-state index contributed by atoms with van der Waals surface area (Å²) in [6, 6.07) is 0. The van der Waals surface area contributed by atoms with Crippen LogP contribution < -0.4 is 0 Å². The summed E-state index contributed by atoms with van der Waals surface area (Å²) in [4.78, 5) is 22.2. The number of rotatable bonds is 12. The lowest BCUT2D eigenvalue weighted by Gasteiger charge is -2.58. The molecule has 0 aromatic heterocycles. The fraction of sp³-hybridized carbons (Fsp3) is 0.824. The molecule has 0 heterocycles. The van der Waals surface area contributed by atoms with Crippen molar-refractivity contribution < 1.29 is 19.4 Å². The second-order valence-corrected chi connectivity index (χ2v) is 14.3. The van der Waals surface area contributed by atoms with E-state index >= 15 is 0 Å². The lowest BCUT2D eigenvalue weighted by molar-refractivity contribution is -0.140. The largest absolute Gasteiger partial charge is 0.481 e. The lowest BCUT2D eigenvalue weighted by Crippen LogP contribution is -2.51. The summed E-state index contributed by atoms with van der Waals surface area (Å²) < 4.78 is 6.19. The number of hydrogen-bond acceptors (Lipinski definition) is 3. The molecule has 0 aromatic rings. The first-order valence-corrected chi connectivity index (χ1v) is 15.7. The van der Waals surface area contributed by atoms with Gasteiger partial charge in [-0.1, -0.05) is 77.7 Å². The van der Waals surface area contributed by atoms with Gasteiger partial charge in [-0.2, -0.15) is 0 Å². The van der Waals surface area contributed by atoms with E-state index in [0.29, 0.717) is 17.4 Å². The Balaban J connectivity index is 1.32. The molecule has 3 saturated carbocycles. The van der Waals surface area contributed by atoms with E-state index in [1.165, 1.54) is 57.8 Å². The van der Waals surface area contributed by atoms with Gasteiger partial charge in [-0.05, 0) is 97.7 Å². The van der Waals surface area contributed by atoms with Crippen LogP contribution in [-0.4, -0.2) is 29.6 Å². The van der Waals surface area contributed by atoms with Crippen LogP contribution in [0.15, 0.2) is 23.8 Å². The summed E-state index contributed by atoms with van der Waals surface area (Å²) in [5, 5.41) is 8.70. The number of hydrogen-bond donors (Lipinski definition) is 1. The van der Waals surface area contributed by atoms with E-state index in [2.05, 4.69) is 40.7 Å². The number of fused-ring (bicyclic) bond motifs is 5. The van der Waals surface area contributed by atoms with Gasteiger partial charge in [0.1, 0.15) is 12.2 Å². The Labute approximate surface area is 232 Å². The Morgan fingerprint density at radius 1 is 1.05 bits per heavy atom. The molecule has 4 rings (SSSR count). The van der Waals surface area contributed by atoms with Crippen LogP contribution in [0.25, 0.3) is 0 Å². The van der Waals surface area contributed by atoms with E-state index < -0.39 is 12.4 Å². The van der Waals surface area contributed by atoms with Gasteiger partial charge in [-0.15, -0.1) is 0 Å². The Morgan fingerprint density at radius 3 is 2.58 bits per heavy atom. The maximum atomic E-state index is 11.6. The first-order valence-electron chi connectivity index (χ1n) is 15.7. The van der Waals surface area contributed by atoms with Crippen molar-refractivity contribution in [3.8, 4) is 0 Å². The second kappa shape index (κ2) is 12.4. The number of Topliss-reactive ketones (excluding diaryl/α,β-unsaturated/α-hetero) is 1. The molecule has 0 spiro atoms. The Kier molecular flexibility index (Phi) is 9.64. The summed E-state index contributed by atoms with van der Waals surface area (Å²) in [6.07, 6.45) is 20.8. The average Bonchev–Trinajstić information content (AvgIpc) is 3.20. The van der Waals surface area contributed by atoms with Crippen LogP contribution in [0.4, 0.5) is 0 Å². The number of ether oxygens (including phenoxy) is 1. The van der Waals surface area contributed by atoms with Crippen LogP contribution in [0, 0.1) is 46.3 Å². The van der Waals surface area contributed by atoms with Crippen molar-refractivity contribution in [2.45, 2.75) is 124 Å². The number of aliphatic carboxylic acids is 1. The smallest absolute Gasteiger partial charge is 0.310 e. The number of carboxylic acid groups (broad SMARTS) is 1. The minimum Gasteiger partial charge on any atom is -0.481 e. The third-order valence-electron chi connectivity index (χ3n) is 11.5. The number of carbonyl (C=O) groups excluding carboxylic acids is 1. The van der Waals surface area contributed by atoms with Gasteiger partial charge < -0.3 is 9.84 Å². The first kappa shape index (κ1) is 29.6. The minimum atomic E-state index is -1.06. The maximum Gasteiger partial charge on any atom is 0.310 e. The zero-order valence-corrected chi connectivity index (χ0v) is 24.8. The Bertz CT molecular complexity index is 902. The third kappa shape index (κ3) is 6.31.